The van der Waals surface area contributed by atoms with E-state index in [0.717, 1.165) is 6.07 Å². The highest BCUT2D eigenvalue weighted by Crippen LogP contribution is 2.30. The molecule has 0 spiro atoms. The summed E-state index contributed by atoms with van der Waals surface area (Å²) in [5, 5.41) is 8.94. The summed E-state index contributed by atoms with van der Waals surface area (Å²) in [6.45, 7) is 1.61. The molecule has 0 aliphatic carbocycles. The van der Waals surface area contributed by atoms with E-state index in [1.807, 2.05) is 0 Å². The second-order valence-electron chi connectivity index (χ2n) is 4.00. The van der Waals surface area contributed by atoms with E-state index in [4.69, 9.17) is 23.1 Å². The van der Waals surface area contributed by atoms with Crippen LogP contribution in [0.1, 0.15) is 23.7 Å². The Kier molecular flexibility index (Phi) is 5.59. The van der Waals surface area contributed by atoms with Gasteiger partial charge in [-0.25, -0.2) is 17.9 Å². The maximum absolute atomic E-state index is 12.1. The monoisotopic (exact) mass is 379 g/mol. The zero-order valence-electron chi connectivity index (χ0n) is 10.4. The van der Waals surface area contributed by atoms with Crippen LogP contribution in [0.15, 0.2) is 21.5 Å². The Morgan fingerprint density at radius 3 is 2.70 bits per heavy atom. The van der Waals surface area contributed by atoms with Crippen molar-refractivity contribution in [3.05, 3.63) is 27.2 Å². The largest absolute Gasteiger partial charge is 0.478 e. The average molecular weight is 381 g/mol. The number of rotatable bonds is 5. The molecule has 5 nitrogen and oxygen atoms in total. The molecule has 0 saturated carbocycles. The molecule has 0 saturated heterocycles. The van der Waals surface area contributed by atoms with Crippen molar-refractivity contribution in [2.45, 2.75) is 24.3 Å². The van der Waals surface area contributed by atoms with E-state index in [-0.39, 0.29) is 26.4 Å². The first-order valence-electron chi connectivity index (χ1n) is 5.37. The van der Waals surface area contributed by atoms with Crippen LogP contribution in [0.25, 0.3) is 0 Å². The van der Waals surface area contributed by atoms with Gasteiger partial charge in [-0.05, 0) is 35.0 Å². The SMILES string of the molecule is C#CCC(C)NS(=O)(=O)c1cc(Br)c(Cl)c(C(=O)O)c1. The molecule has 20 heavy (non-hydrogen) atoms. The first-order chi connectivity index (χ1) is 9.19. The molecule has 0 aromatic heterocycles. The van der Waals surface area contributed by atoms with Crippen LogP contribution < -0.4 is 4.72 Å². The number of carboxylic acid groups (broad SMARTS) is 1. The Morgan fingerprint density at radius 2 is 2.20 bits per heavy atom. The van der Waals surface area contributed by atoms with Gasteiger partial charge in [0, 0.05) is 16.9 Å². The average Bonchev–Trinajstić information content (AvgIpc) is 2.31. The van der Waals surface area contributed by atoms with E-state index in [1.54, 1.807) is 6.92 Å². The third kappa shape index (κ3) is 3.96. The number of hydrogen-bond acceptors (Lipinski definition) is 3. The van der Waals surface area contributed by atoms with Gasteiger partial charge in [0.15, 0.2) is 0 Å². The summed E-state index contributed by atoms with van der Waals surface area (Å²) in [5.74, 6) is 1.02. The van der Waals surface area contributed by atoms with Gasteiger partial charge >= 0.3 is 5.97 Å². The van der Waals surface area contributed by atoms with Gasteiger partial charge in [-0.1, -0.05) is 11.6 Å². The summed E-state index contributed by atoms with van der Waals surface area (Å²) in [6.07, 6.45) is 5.33. The van der Waals surface area contributed by atoms with Gasteiger partial charge in [-0.2, -0.15) is 0 Å². The third-order valence-electron chi connectivity index (χ3n) is 2.32. The number of carbonyl (C=O) groups is 1. The van der Waals surface area contributed by atoms with Crippen molar-refractivity contribution < 1.29 is 18.3 Å². The highest BCUT2D eigenvalue weighted by Gasteiger charge is 2.22. The molecular weight excluding hydrogens is 370 g/mol. The molecule has 0 fully saturated rings. The van der Waals surface area contributed by atoms with Crippen LogP contribution in [0.5, 0.6) is 0 Å². The van der Waals surface area contributed by atoms with Gasteiger partial charge in [0.2, 0.25) is 10.0 Å². The molecule has 1 aromatic rings. The Labute approximate surface area is 130 Å². The van der Waals surface area contributed by atoms with Crippen molar-refractivity contribution in [2.75, 3.05) is 0 Å². The van der Waals surface area contributed by atoms with Crippen LogP contribution in [-0.2, 0) is 10.0 Å². The van der Waals surface area contributed by atoms with Crippen LogP contribution >= 0.6 is 27.5 Å². The number of halogens is 2. The standard InChI is InChI=1S/C12H11BrClNO4S/c1-3-4-7(2)15-20(18,19)8-5-9(12(16)17)11(14)10(13)6-8/h1,5-7,15H,4H2,2H3,(H,16,17). The fourth-order valence-corrected chi connectivity index (χ4v) is 3.52. The van der Waals surface area contributed by atoms with Crippen molar-refractivity contribution in [1.82, 2.24) is 4.72 Å². The quantitative estimate of drug-likeness (QED) is 0.769. The Bertz CT molecular complexity index is 681. The van der Waals surface area contributed by atoms with Crippen LogP contribution in [0.3, 0.4) is 0 Å². The van der Waals surface area contributed by atoms with Crippen molar-refractivity contribution in [3.63, 3.8) is 0 Å². The fraction of sp³-hybridized carbons (Fsp3) is 0.250. The fourth-order valence-electron chi connectivity index (χ4n) is 1.43. The predicted octanol–water partition coefficient (Wildman–Crippen LogP) is 2.49. The molecule has 0 heterocycles. The molecule has 1 unspecified atom stereocenters. The molecule has 1 rings (SSSR count). The van der Waals surface area contributed by atoms with Crippen LogP contribution in [0.2, 0.25) is 5.02 Å². The molecule has 0 radical (unpaired) electrons. The molecular formula is C12H11BrClNO4S. The predicted molar refractivity (Wildman–Crippen MR) is 79.3 cm³/mol. The minimum absolute atomic E-state index is 0.0619. The Morgan fingerprint density at radius 1 is 1.60 bits per heavy atom. The summed E-state index contributed by atoms with van der Waals surface area (Å²) < 4.78 is 26.8. The van der Waals surface area contributed by atoms with E-state index in [2.05, 4.69) is 26.6 Å². The number of benzene rings is 1. The van der Waals surface area contributed by atoms with Gasteiger partial charge < -0.3 is 5.11 Å². The zero-order valence-corrected chi connectivity index (χ0v) is 13.5. The second kappa shape index (κ2) is 6.59. The van der Waals surface area contributed by atoms with Crippen molar-refractivity contribution in [2.24, 2.45) is 0 Å². The molecule has 108 valence electrons. The second-order valence-corrected chi connectivity index (χ2v) is 6.95. The first-order valence-corrected chi connectivity index (χ1v) is 8.02. The van der Waals surface area contributed by atoms with E-state index >= 15 is 0 Å². The number of aromatic carboxylic acids is 1. The van der Waals surface area contributed by atoms with Crippen molar-refractivity contribution >= 4 is 43.5 Å². The van der Waals surface area contributed by atoms with E-state index in [9.17, 15) is 13.2 Å². The van der Waals surface area contributed by atoms with Gasteiger partial charge in [0.1, 0.15) is 0 Å². The number of nitrogens with one attached hydrogen (secondary N) is 1. The summed E-state index contributed by atoms with van der Waals surface area (Å²) in [7, 11) is -3.87. The molecule has 0 bridgehead atoms. The minimum atomic E-state index is -3.87. The van der Waals surface area contributed by atoms with Crippen molar-refractivity contribution in [1.29, 1.82) is 0 Å². The number of terminal acetylenes is 1. The first kappa shape index (κ1) is 17.0. The summed E-state index contributed by atoms with van der Waals surface area (Å²) in [4.78, 5) is 10.8. The number of sulfonamides is 1. The minimum Gasteiger partial charge on any atom is -0.478 e. The molecule has 0 amide bonds. The molecule has 1 atom stereocenters. The maximum Gasteiger partial charge on any atom is 0.337 e. The maximum atomic E-state index is 12.1. The van der Waals surface area contributed by atoms with Crippen LogP contribution in [0.4, 0.5) is 0 Å². The van der Waals surface area contributed by atoms with E-state index < -0.39 is 22.0 Å². The van der Waals surface area contributed by atoms with Gasteiger partial charge in [0.25, 0.3) is 0 Å². The lowest BCUT2D eigenvalue weighted by Crippen LogP contribution is -2.32. The number of carboxylic acids is 1. The summed E-state index contributed by atoms with van der Waals surface area (Å²) in [5.41, 5.74) is -0.300. The van der Waals surface area contributed by atoms with Crippen molar-refractivity contribution in [3.8, 4) is 12.3 Å². The van der Waals surface area contributed by atoms with Gasteiger partial charge in [0.05, 0.1) is 15.5 Å². The topological polar surface area (TPSA) is 83.5 Å². The van der Waals surface area contributed by atoms with E-state index in [0.29, 0.717) is 0 Å². The summed E-state index contributed by atoms with van der Waals surface area (Å²) >= 11 is 8.83. The Balaban J connectivity index is 3.27. The number of hydrogen-bond donors (Lipinski definition) is 2. The molecule has 2 N–H and O–H groups in total. The zero-order chi connectivity index (χ0) is 15.5. The van der Waals surface area contributed by atoms with E-state index in [1.165, 1.54) is 6.07 Å². The van der Waals surface area contributed by atoms with Crippen LogP contribution in [-0.4, -0.2) is 25.5 Å². The lowest BCUT2D eigenvalue weighted by atomic mass is 10.2. The van der Waals surface area contributed by atoms with Gasteiger partial charge in [-0.15, -0.1) is 12.3 Å². The molecule has 1 aromatic carbocycles. The van der Waals surface area contributed by atoms with Gasteiger partial charge in [-0.3, -0.25) is 0 Å². The smallest absolute Gasteiger partial charge is 0.337 e. The molecule has 8 heteroatoms. The third-order valence-corrected chi connectivity index (χ3v) is 5.15. The highest BCUT2D eigenvalue weighted by atomic mass is 79.9. The summed E-state index contributed by atoms with van der Waals surface area (Å²) in [6, 6.07) is 1.77. The highest BCUT2D eigenvalue weighted by molar-refractivity contribution is 9.10. The normalized spacial score (nSPS) is 12.7. The molecule has 0 aliphatic rings. The van der Waals surface area contributed by atoms with Crippen LogP contribution in [0, 0.1) is 12.3 Å². The lowest BCUT2D eigenvalue weighted by molar-refractivity contribution is 0.0696. The molecule has 0 aliphatic heterocycles. The Hall–Kier alpha value is -1.07. The lowest BCUT2D eigenvalue weighted by Gasteiger charge is -2.13.